The Labute approximate surface area is 98.3 Å². The molecule has 1 N–H and O–H groups in total. The highest BCUT2D eigenvalue weighted by atomic mass is 16.5. The quantitative estimate of drug-likeness (QED) is 0.745. The first-order valence-electron chi connectivity index (χ1n) is 6.34. The maximum atomic E-state index is 5.68. The van der Waals surface area contributed by atoms with E-state index in [1.54, 1.807) is 0 Å². The van der Waals surface area contributed by atoms with E-state index >= 15 is 0 Å². The Morgan fingerprint density at radius 2 is 2.06 bits per heavy atom. The first kappa shape index (κ1) is 12.3. The van der Waals surface area contributed by atoms with Crippen LogP contribution in [-0.4, -0.2) is 62.5 Å². The number of rotatable bonds is 2. The molecule has 4 nitrogen and oxygen atoms in total. The summed E-state index contributed by atoms with van der Waals surface area (Å²) in [6.45, 7) is 7.99. The summed E-state index contributed by atoms with van der Waals surface area (Å²) in [5.74, 6) is 0. The molecule has 0 amide bonds. The lowest BCUT2D eigenvalue weighted by Crippen LogP contribution is -2.61. The summed E-state index contributed by atoms with van der Waals surface area (Å²) in [5.41, 5.74) is 0. The van der Waals surface area contributed by atoms with Gasteiger partial charge in [-0.1, -0.05) is 0 Å². The van der Waals surface area contributed by atoms with Gasteiger partial charge in [0, 0.05) is 31.3 Å². The zero-order valence-electron chi connectivity index (χ0n) is 10.6. The molecule has 2 rings (SSSR count). The molecule has 0 aromatic carbocycles. The van der Waals surface area contributed by atoms with Crippen LogP contribution in [0, 0.1) is 0 Å². The van der Waals surface area contributed by atoms with E-state index in [0.29, 0.717) is 24.2 Å². The van der Waals surface area contributed by atoms with Crippen LogP contribution in [0.1, 0.15) is 20.3 Å². The van der Waals surface area contributed by atoms with Crippen LogP contribution in [0.15, 0.2) is 0 Å². The lowest BCUT2D eigenvalue weighted by molar-refractivity contribution is -0.0972. The fourth-order valence-corrected chi connectivity index (χ4v) is 2.78. The second-order valence-corrected chi connectivity index (χ2v) is 5.02. The van der Waals surface area contributed by atoms with Crippen LogP contribution in [0.25, 0.3) is 0 Å². The summed E-state index contributed by atoms with van der Waals surface area (Å²) in [6, 6.07) is 1.56. The minimum absolute atomic E-state index is 0.343. The second-order valence-electron chi connectivity index (χ2n) is 5.02. The molecule has 0 aromatic heterocycles. The second kappa shape index (κ2) is 5.45. The summed E-state index contributed by atoms with van der Waals surface area (Å²) in [5, 5.41) is 3.42. The van der Waals surface area contributed by atoms with Crippen molar-refractivity contribution in [3.05, 3.63) is 0 Å². The minimum atomic E-state index is 0.343. The maximum absolute atomic E-state index is 5.68. The van der Waals surface area contributed by atoms with E-state index in [4.69, 9.17) is 9.47 Å². The minimum Gasteiger partial charge on any atom is -0.380 e. The Morgan fingerprint density at radius 1 is 1.25 bits per heavy atom. The normalized spacial score (nSPS) is 42.2. The van der Waals surface area contributed by atoms with Crippen molar-refractivity contribution in [2.24, 2.45) is 0 Å². The Hall–Kier alpha value is -0.160. The SMILES string of the molecule is CNC1CCOCC1N1CC(C)OCC1C. The predicted octanol–water partition coefficient (Wildman–Crippen LogP) is 0.473. The molecule has 2 aliphatic heterocycles. The summed E-state index contributed by atoms with van der Waals surface area (Å²) < 4.78 is 11.3. The Kier molecular flexibility index (Phi) is 4.19. The van der Waals surface area contributed by atoms with E-state index < -0.39 is 0 Å². The lowest BCUT2D eigenvalue weighted by Gasteiger charge is -2.46. The van der Waals surface area contributed by atoms with Crippen LogP contribution < -0.4 is 5.32 Å². The highest BCUT2D eigenvalue weighted by molar-refractivity contribution is 4.91. The number of hydrogen-bond acceptors (Lipinski definition) is 4. The zero-order chi connectivity index (χ0) is 11.5. The molecule has 4 heteroatoms. The summed E-state index contributed by atoms with van der Waals surface area (Å²) >= 11 is 0. The number of likely N-dealkylation sites (N-methyl/N-ethyl adjacent to an activating group) is 1. The molecule has 2 aliphatic rings. The van der Waals surface area contributed by atoms with Gasteiger partial charge in [0.2, 0.25) is 0 Å². The topological polar surface area (TPSA) is 33.7 Å². The van der Waals surface area contributed by atoms with Crippen LogP contribution in [0.2, 0.25) is 0 Å². The van der Waals surface area contributed by atoms with Crippen molar-refractivity contribution in [1.82, 2.24) is 10.2 Å². The molecule has 0 saturated carbocycles. The van der Waals surface area contributed by atoms with Gasteiger partial charge in [-0.05, 0) is 27.3 Å². The van der Waals surface area contributed by atoms with Crippen molar-refractivity contribution >= 4 is 0 Å². The van der Waals surface area contributed by atoms with Crippen LogP contribution in [0.4, 0.5) is 0 Å². The zero-order valence-corrected chi connectivity index (χ0v) is 10.6. The highest BCUT2D eigenvalue weighted by Crippen LogP contribution is 2.21. The van der Waals surface area contributed by atoms with Crippen molar-refractivity contribution in [3.8, 4) is 0 Å². The third kappa shape index (κ3) is 2.56. The Bertz CT molecular complexity index is 225. The molecule has 2 heterocycles. The summed E-state index contributed by atoms with van der Waals surface area (Å²) in [4.78, 5) is 2.55. The third-order valence-corrected chi connectivity index (χ3v) is 3.78. The summed E-state index contributed by atoms with van der Waals surface area (Å²) in [6.07, 6.45) is 1.45. The third-order valence-electron chi connectivity index (χ3n) is 3.78. The first-order valence-corrected chi connectivity index (χ1v) is 6.34. The molecular weight excluding hydrogens is 204 g/mol. The maximum Gasteiger partial charge on any atom is 0.0674 e. The molecule has 0 bridgehead atoms. The number of ether oxygens (including phenoxy) is 2. The summed E-state index contributed by atoms with van der Waals surface area (Å²) in [7, 11) is 2.05. The molecule has 4 unspecified atom stereocenters. The van der Waals surface area contributed by atoms with E-state index in [1.807, 2.05) is 0 Å². The number of morpholine rings is 1. The molecule has 0 radical (unpaired) electrons. The van der Waals surface area contributed by atoms with Gasteiger partial charge in [-0.15, -0.1) is 0 Å². The number of hydrogen-bond donors (Lipinski definition) is 1. The molecule has 94 valence electrons. The van der Waals surface area contributed by atoms with Crippen LogP contribution in [0.5, 0.6) is 0 Å². The molecule has 0 aliphatic carbocycles. The van der Waals surface area contributed by atoms with Gasteiger partial charge in [0.25, 0.3) is 0 Å². The smallest absolute Gasteiger partial charge is 0.0674 e. The van der Waals surface area contributed by atoms with Crippen LogP contribution in [-0.2, 0) is 9.47 Å². The molecule has 0 spiro atoms. The molecule has 16 heavy (non-hydrogen) atoms. The van der Waals surface area contributed by atoms with Crippen molar-refractivity contribution in [2.75, 3.05) is 33.4 Å². The van der Waals surface area contributed by atoms with E-state index in [0.717, 1.165) is 32.8 Å². The van der Waals surface area contributed by atoms with Crippen molar-refractivity contribution in [2.45, 2.75) is 44.5 Å². The van der Waals surface area contributed by atoms with Crippen LogP contribution in [0.3, 0.4) is 0 Å². The van der Waals surface area contributed by atoms with E-state index in [9.17, 15) is 0 Å². The van der Waals surface area contributed by atoms with Gasteiger partial charge in [-0.25, -0.2) is 0 Å². The van der Waals surface area contributed by atoms with Gasteiger partial charge in [-0.3, -0.25) is 4.90 Å². The van der Waals surface area contributed by atoms with Crippen molar-refractivity contribution < 1.29 is 9.47 Å². The predicted molar refractivity (Wildman–Crippen MR) is 63.7 cm³/mol. The lowest BCUT2D eigenvalue weighted by atomic mass is 9.99. The molecule has 2 saturated heterocycles. The number of nitrogens with zero attached hydrogens (tertiary/aromatic N) is 1. The highest BCUT2D eigenvalue weighted by Gasteiger charge is 2.35. The van der Waals surface area contributed by atoms with E-state index in [2.05, 4.69) is 31.1 Å². The standard InChI is InChI=1S/C12H24N2O2/c1-9-7-16-10(2)6-14(9)12-8-15-5-4-11(12)13-3/h9-13H,4-8H2,1-3H3. The van der Waals surface area contributed by atoms with Crippen molar-refractivity contribution in [1.29, 1.82) is 0 Å². The van der Waals surface area contributed by atoms with Gasteiger partial charge < -0.3 is 14.8 Å². The molecule has 4 atom stereocenters. The van der Waals surface area contributed by atoms with Gasteiger partial charge in [0.15, 0.2) is 0 Å². The average Bonchev–Trinajstić information content (AvgIpc) is 2.32. The fourth-order valence-electron chi connectivity index (χ4n) is 2.78. The number of nitrogens with one attached hydrogen (secondary N) is 1. The Balaban J connectivity index is 2.02. The molecule has 0 aromatic rings. The van der Waals surface area contributed by atoms with Gasteiger partial charge in [0.1, 0.15) is 0 Å². The van der Waals surface area contributed by atoms with Gasteiger partial charge >= 0.3 is 0 Å². The molecule has 2 fully saturated rings. The Morgan fingerprint density at radius 3 is 2.81 bits per heavy atom. The fraction of sp³-hybridized carbons (Fsp3) is 1.00. The van der Waals surface area contributed by atoms with Crippen molar-refractivity contribution in [3.63, 3.8) is 0 Å². The average molecular weight is 228 g/mol. The van der Waals surface area contributed by atoms with Gasteiger partial charge in [-0.2, -0.15) is 0 Å². The van der Waals surface area contributed by atoms with Gasteiger partial charge in [0.05, 0.1) is 19.3 Å². The van der Waals surface area contributed by atoms with Crippen LogP contribution >= 0.6 is 0 Å². The van der Waals surface area contributed by atoms with E-state index in [1.165, 1.54) is 0 Å². The monoisotopic (exact) mass is 228 g/mol. The molecular formula is C12H24N2O2. The largest absolute Gasteiger partial charge is 0.380 e. The van der Waals surface area contributed by atoms with E-state index in [-0.39, 0.29) is 0 Å². The first-order chi connectivity index (χ1) is 7.72.